The maximum Gasteiger partial charge on any atom is 0.410 e. The Balaban J connectivity index is 2.84. The third-order valence-corrected chi connectivity index (χ3v) is 2.79. The first kappa shape index (κ1) is 15.1. The Hall–Kier alpha value is -0.910. The highest BCUT2D eigenvalue weighted by Gasteiger charge is 2.54. The summed E-state index contributed by atoms with van der Waals surface area (Å²) in [5.74, 6) is -3.32. The van der Waals surface area contributed by atoms with E-state index in [9.17, 15) is 18.7 Å². The van der Waals surface area contributed by atoms with E-state index in [1.165, 1.54) is 13.8 Å². The van der Waals surface area contributed by atoms with Crippen LogP contribution >= 0.6 is 0 Å². The van der Waals surface area contributed by atoms with E-state index in [1.807, 2.05) is 0 Å². The van der Waals surface area contributed by atoms with Gasteiger partial charge in [-0.2, -0.15) is 0 Å². The standard InChI is InChI=1S/C12H21F2NO3/c1-10(2,3)18-9(17)15-6-11(4,5)8(16)12(13,14)7-15/h8,16H,6-7H2,1-5H3. The second kappa shape index (κ2) is 4.33. The maximum absolute atomic E-state index is 13.6. The van der Waals surface area contributed by atoms with Gasteiger partial charge in [0, 0.05) is 12.0 Å². The number of carbonyl (C=O) groups is 1. The van der Waals surface area contributed by atoms with Crippen LogP contribution in [0.1, 0.15) is 34.6 Å². The van der Waals surface area contributed by atoms with Gasteiger partial charge in [-0.1, -0.05) is 13.8 Å². The lowest BCUT2D eigenvalue weighted by atomic mass is 9.79. The lowest BCUT2D eigenvalue weighted by molar-refractivity contribution is -0.194. The van der Waals surface area contributed by atoms with Crippen LogP contribution in [0.4, 0.5) is 13.6 Å². The van der Waals surface area contributed by atoms with Crippen LogP contribution in [0.3, 0.4) is 0 Å². The fraction of sp³-hybridized carbons (Fsp3) is 0.917. The van der Waals surface area contributed by atoms with E-state index in [1.54, 1.807) is 20.8 Å². The molecule has 4 nitrogen and oxygen atoms in total. The fourth-order valence-corrected chi connectivity index (χ4v) is 2.00. The number of carbonyl (C=O) groups excluding carboxylic acids is 1. The van der Waals surface area contributed by atoms with E-state index in [-0.39, 0.29) is 6.54 Å². The van der Waals surface area contributed by atoms with E-state index in [2.05, 4.69) is 0 Å². The van der Waals surface area contributed by atoms with E-state index < -0.39 is 35.7 Å². The first-order valence-corrected chi connectivity index (χ1v) is 5.89. The van der Waals surface area contributed by atoms with Crippen LogP contribution in [-0.4, -0.2) is 46.8 Å². The molecule has 0 aliphatic carbocycles. The number of nitrogens with zero attached hydrogens (tertiary/aromatic N) is 1. The van der Waals surface area contributed by atoms with Crippen molar-refractivity contribution in [2.45, 2.75) is 52.2 Å². The third kappa shape index (κ3) is 3.31. The van der Waals surface area contributed by atoms with Crippen molar-refractivity contribution in [1.29, 1.82) is 0 Å². The van der Waals surface area contributed by atoms with Crippen molar-refractivity contribution in [3.8, 4) is 0 Å². The van der Waals surface area contributed by atoms with Gasteiger partial charge in [0.05, 0.1) is 6.54 Å². The Morgan fingerprint density at radius 3 is 2.22 bits per heavy atom. The van der Waals surface area contributed by atoms with Gasteiger partial charge in [-0.3, -0.25) is 0 Å². The summed E-state index contributed by atoms with van der Waals surface area (Å²) in [6, 6.07) is 0. The molecule has 1 amide bonds. The molecule has 1 aliphatic rings. The van der Waals surface area contributed by atoms with Gasteiger partial charge >= 0.3 is 6.09 Å². The third-order valence-electron chi connectivity index (χ3n) is 2.79. The normalized spacial score (nSPS) is 26.9. The van der Waals surface area contributed by atoms with Crippen LogP contribution in [0.15, 0.2) is 0 Å². The molecular weight excluding hydrogens is 244 g/mol. The van der Waals surface area contributed by atoms with Crippen molar-refractivity contribution in [2.24, 2.45) is 5.41 Å². The second-order valence-corrected chi connectivity index (χ2v) is 6.49. The predicted octanol–water partition coefficient (Wildman–Crippen LogP) is 2.26. The summed E-state index contributed by atoms with van der Waals surface area (Å²) in [5, 5.41) is 9.57. The molecule has 1 unspecified atom stereocenters. The molecule has 1 saturated heterocycles. The van der Waals surface area contributed by atoms with Gasteiger partial charge in [-0.05, 0) is 20.8 Å². The van der Waals surface area contributed by atoms with Gasteiger partial charge < -0.3 is 14.7 Å². The molecule has 0 radical (unpaired) electrons. The Labute approximate surface area is 106 Å². The van der Waals surface area contributed by atoms with Gasteiger partial charge in [-0.15, -0.1) is 0 Å². The molecule has 0 spiro atoms. The second-order valence-electron chi connectivity index (χ2n) is 6.49. The quantitative estimate of drug-likeness (QED) is 0.731. The number of piperidine rings is 1. The highest BCUT2D eigenvalue weighted by Crippen LogP contribution is 2.38. The molecule has 0 aromatic rings. The average molecular weight is 265 g/mol. The van der Waals surface area contributed by atoms with Crippen LogP contribution in [0, 0.1) is 5.41 Å². The van der Waals surface area contributed by atoms with Gasteiger partial charge in [0.25, 0.3) is 5.92 Å². The molecule has 0 aromatic heterocycles. The Morgan fingerprint density at radius 2 is 1.83 bits per heavy atom. The number of hydrogen-bond acceptors (Lipinski definition) is 3. The summed E-state index contributed by atoms with van der Waals surface area (Å²) in [6.45, 7) is 7.25. The SMILES string of the molecule is CC(C)(C)OC(=O)N1CC(C)(C)C(O)C(F)(F)C1. The molecule has 1 N–H and O–H groups in total. The number of ether oxygens (including phenoxy) is 1. The average Bonchev–Trinajstić information content (AvgIpc) is 2.10. The van der Waals surface area contributed by atoms with Crippen LogP contribution in [-0.2, 0) is 4.74 Å². The van der Waals surface area contributed by atoms with E-state index in [4.69, 9.17) is 4.74 Å². The van der Waals surface area contributed by atoms with Crippen molar-refractivity contribution >= 4 is 6.09 Å². The number of rotatable bonds is 0. The zero-order valence-corrected chi connectivity index (χ0v) is 11.5. The minimum atomic E-state index is -3.32. The first-order chi connectivity index (χ1) is 7.85. The number of amides is 1. The van der Waals surface area contributed by atoms with Crippen LogP contribution in [0.5, 0.6) is 0 Å². The number of hydrogen-bond donors (Lipinski definition) is 1. The summed E-state index contributed by atoms with van der Waals surface area (Å²) in [5.41, 5.74) is -1.80. The van der Waals surface area contributed by atoms with Gasteiger partial charge in [-0.25, -0.2) is 13.6 Å². The summed E-state index contributed by atoms with van der Waals surface area (Å²) >= 11 is 0. The molecule has 6 heteroatoms. The predicted molar refractivity (Wildman–Crippen MR) is 62.5 cm³/mol. The van der Waals surface area contributed by atoms with Crippen molar-refractivity contribution in [2.75, 3.05) is 13.1 Å². The lowest BCUT2D eigenvalue weighted by Gasteiger charge is -2.45. The zero-order valence-electron chi connectivity index (χ0n) is 11.5. The maximum atomic E-state index is 13.6. The van der Waals surface area contributed by atoms with Crippen LogP contribution in [0.2, 0.25) is 0 Å². The molecule has 1 fully saturated rings. The summed E-state index contributed by atoms with van der Waals surface area (Å²) in [7, 11) is 0. The molecular formula is C12H21F2NO3. The molecule has 1 atom stereocenters. The largest absolute Gasteiger partial charge is 0.444 e. The van der Waals surface area contributed by atoms with E-state index in [0.717, 1.165) is 4.90 Å². The van der Waals surface area contributed by atoms with Crippen LogP contribution in [0.25, 0.3) is 0 Å². The topological polar surface area (TPSA) is 49.8 Å². The number of aliphatic hydroxyl groups excluding tert-OH is 1. The number of alkyl halides is 2. The van der Waals surface area contributed by atoms with Crippen LogP contribution < -0.4 is 0 Å². The highest BCUT2D eigenvalue weighted by atomic mass is 19.3. The molecule has 1 aliphatic heterocycles. The summed E-state index contributed by atoms with van der Waals surface area (Å²) in [4.78, 5) is 12.7. The zero-order chi connectivity index (χ0) is 14.4. The molecule has 1 heterocycles. The van der Waals surface area contributed by atoms with Crippen molar-refractivity contribution in [3.63, 3.8) is 0 Å². The minimum Gasteiger partial charge on any atom is -0.444 e. The van der Waals surface area contributed by atoms with Crippen molar-refractivity contribution in [1.82, 2.24) is 4.90 Å². The molecule has 0 aromatic carbocycles. The smallest absolute Gasteiger partial charge is 0.410 e. The van der Waals surface area contributed by atoms with E-state index >= 15 is 0 Å². The summed E-state index contributed by atoms with van der Waals surface area (Å²) < 4.78 is 32.3. The first-order valence-electron chi connectivity index (χ1n) is 5.89. The summed E-state index contributed by atoms with van der Waals surface area (Å²) in [6.07, 6.45) is -2.54. The monoisotopic (exact) mass is 265 g/mol. The van der Waals surface area contributed by atoms with E-state index in [0.29, 0.717) is 0 Å². The van der Waals surface area contributed by atoms with Gasteiger partial charge in [0.2, 0.25) is 0 Å². The number of aliphatic hydroxyl groups is 1. The molecule has 1 rings (SSSR count). The molecule has 0 saturated carbocycles. The highest BCUT2D eigenvalue weighted by molar-refractivity contribution is 5.68. The molecule has 18 heavy (non-hydrogen) atoms. The van der Waals surface area contributed by atoms with Gasteiger partial charge in [0.1, 0.15) is 11.7 Å². The lowest BCUT2D eigenvalue weighted by Crippen LogP contribution is -2.62. The van der Waals surface area contributed by atoms with Gasteiger partial charge in [0.15, 0.2) is 0 Å². The molecule has 106 valence electrons. The Morgan fingerprint density at radius 1 is 1.33 bits per heavy atom. The Kier molecular flexibility index (Phi) is 3.64. The molecule has 0 bridgehead atoms. The van der Waals surface area contributed by atoms with Crippen molar-refractivity contribution < 1.29 is 23.4 Å². The Bertz CT molecular complexity index is 319. The number of likely N-dealkylation sites (tertiary alicyclic amines) is 1. The number of halogens is 2. The van der Waals surface area contributed by atoms with Crippen molar-refractivity contribution in [3.05, 3.63) is 0 Å². The fourth-order valence-electron chi connectivity index (χ4n) is 2.00. The minimum absolute atomic E-state index is 0.0403.